The Balaban J connectivity index is 1.72. The second kappa shape index (κ2) is 4.09. The largest absolute Gasteiger partial charge is 0.391 e. The summed E-state index contributed by atoms with van der Waals surface area (Å²) >= 11 is 0. The van der Waals surface area contributed by atoms with Gasteiger partial charge in [0.15, 0.2) is 0 Å². The predicted octanol–water partition coefficient (Wildman–Crippen LogP) is 1.64. The summed E-state index contributed by atoms with van der Waals surface area (Å²) < 4.78 is 0. The number of oxime groups is 1. The predicted molar refractivity (Wildman–Crippen MR) is 52.9 cm³/mol. The molecule has 1 saturated heterocycles. The lowest BCUT2D eigenvalue weighted by atomic mass is 10.1. The number of hydrogen-bond acceptors (Lipinski definition) is 3. The number of rotatable bonds is 2. The normalized spacial score (nSPS) is 29.9. The van der Waals surface area contributed by atoms with Crippen LogP contribution in [0.15, 0.2) is 5.16 Å². The summed E-state index contributed by atoms with van der Waals surface area (Å²) in [6, 6.07) is 0. The van der Waals surface area contributed by atoms with Gasteiger partial charge in [0.1, 0.15) is 6.10 Å². The molecule has 0 bridgehead atoms. The van der Waals surface area contributed by atoms with Gasteiger partial charge in [-0.3, -0.25) is 4.90 Å². The van der Waals surface area contributed by atoms with Crippen molar-refractivity contribution in [2.24, 2.45) is 5.16 Å². The third-order valence-electron chi connectivity index (χ3n) is 2.79. The number of likely N-dealkylation sites (tertiary alicyclic amines) is 1. The molecule has 0 amide bonds. The van der Waals surface area contributed by atoms with Crippen LogP contribution in [-0.4, -0.2) is 36.3 Å². The SMILES string of the molecule is CC1=NOC(CN2CCCCC2)C1. The average molecular weight is 182 g/mol. The standard InChI is InChI=1S/C10H18N2O/c1-9-7-10(13-11-9)8-12-5-3-2-4-6-12/h10H,2-8H2,1H3. The summed E-state index contributed by atoms with van der Waals surface area (Å²) in [6.07, 6.45) is 5.46. The first-order valence-corrected chi connectivity index (χ1v) is 5.26. The van der Waals surface area contributed by atoms with E-state index >= 15 is 0 Å². The molecule has 2 rings (SSSR count). The highest BCUT2D eigenvalue weighted by atomic mass is 16.6. The van der Waals surface area contributed by atoms with Gasteiger partial charge in [0.25, 0.3) is 0 Å². The fourth-order valence-corrected chi connectivity index (χ4v) is 2.10. The Morgan fingerprint density at radius 2 is 2.15 bits per heavy atom. The van der Waals surface area contributed by atoms with Crippen LogP contribution in [0.2, 0.25) is 0 Å². The number of piperidine rings is 1. The minimum Gasteiger partial charge on any atom is -0.391 e. The molecule has 0 spiro atoms. The van der Waals surface area contributed by atoms with Crippen molar-refractivity contribution < 1.29 is 4.84 Å². The summed E-state index contributed by atoms with van der Waals surface area (Å²) in [5.74, 6) is 0. The van der Waals surface area contributed by atoms with Gasteiger partial charge >= 0.3 is 0 Å². The van der Waals surface area contributed by atoms with Crippen molar-refractivity contribution >= 4 is 5.71 Å². The maximum Gasteiger partial charge on any atom is 0.145 e. The van der Waals surface area contributed by atoms with Crippen LogP contribution >= 0.6 is 0 Å². The highest BCUT2D eigenvalue weighted by Crippen LogP contribution is 2.15. The van der Waals surface area contributed by atoms with Gasteiger partial charge in [0, 0.05) is 13.0 Å². The molecular formula is C10H18N2O. The molecule has 74 valence electrons. The Morgan fingerprint density at radius 3 is 2.77 bits per heavy atom. The van der Waals surface area contributed by atoms with Crippen LogP contribution in [0.5, 0.6) is 0 Å². The van der Waals surface area contributed by atoms with Crippen molar-refractivity contribution in [2.45, 2.75) is 38.7 Å². The molecule has 1 atom stereocenters. The van der Waals surface area contributed by atoms with E-state index in [4.69, 9.17) is 4.84 Å². The van der Waals surface area contributed by atoms with E-state index in [-0.39, 0.29) is 0 Å². The van der Waals surface area contributed by atoms with Crippen molar-refractivity contribution in [2.75, 3.05) is 19.6 Å². The lowest BCUT2D eigenvalue weighted by molar-refractivity contribution is 0.0473. The number of nitrogens with zero attached hydrogens (tertiary/aromatic N) is 2. The van der Waals surface area contributed by atoms with Crippen LogP contribution < -0.4 is 0 Å². The van der Waals surface area contributed by atoms with E-state index in [9.17, 15) is 0 Å². The molecule has 3 heteroatoms. The van der Waals surface area contributed by atoms with Crippen molar-refractivity contribution in [1.29, 1.82) is 0 Å². The fraction of sp³-hybridized carbons (Fsp3) is 0.900. The van der Waals surface area contributed by atoms with Crippen molar-refractivity contribution in [3.05, 3.63) is 0 Å². The lowest BCUT2D eigenvalue weighted by Crippen LogP contribution is -2.36. The van der Waals surface area contributed by atoms with E-state index < -0.39 is 0 Å². The molecule has 2 heterocycles. The van der Waals surface area contributed by atoms with E-state index in [1.807, 2.05) is 6.92 Å². The van der Waals surface area contributed by atoms with Gasteiger partial charge in [-0.15, -0.1) is 0 Å². The smallest absolute Gasteiger partial charge is 0.145 e. The molecule has 1 unspecified atom stereocenters. The second-order valence-electron chi connectivity index (χ2n) is 4.12. The van der Waals surface area contributed by atoms with Gasteiger partial charge in [0.05, 0.1) is 5.71 Å². The molecule has 0 aliphatic carbocycles. The Hall–Kier alpha value is -0.570. The van der Waals surface area contributed by atoms with Gasteiger partial charge in [-0.05, 0) is 32.9 Å². The minimum absolute atomic E-state index is 0.332. The monoisotopic (exact) mass is 182 g/mol. The fourth-order valence-electron chi connectivity index (χ4n) is 2.10. The maximum atomic E-state index is 5.31. The first kappa shape index (κ1) is 9.00. The molecule has 2 aliphatic heterocycles. The molecule has 0 aromatic rings. The Morgan fingerprint density at radius 1 is 1.38 bits per heavy atom. The van der Waals surface area contributed by atoms with Crippen LogP contribution in [0.4, 0.5) is 0 Å². The van der Waals surface area contributed by atoms with E-state index in [2.05, 4.69) is 10.1 Å². The van der Waals surface area contributed by atoms with Crippen LogP contribution in [0.1, 0.15) is 32.6 Å². The van der Waals surface area contributed by atoms with E-state index in [1.54, 1.807) is 0 Å². The quantitative estimate of drug-likeness (QED) is 0.648. The van der Waals surface area contributed by atoms with Crippen LogP contribution in [0.25, 0.3) is 0 Å². The topological polar surface area (TPSA) is 24.8 Å². The van der Waals surface area contributed by atoms with Crippen molar-refractivity contribution in [3.8, 4) is 0 Å². The van der Waals surface area contributed by atoms with Gasteiger partial charge < -0.3 is 4.84 Å². The molecule has 13 heavy (non-hydrogen) atoms. The van der Waals surface area contributed by atoms with Gasteiger partial charge in [-0.25, -0.2) is 0 Å². The first-order valence-electron chi connectivity index (χ1n) is 5.26. The molecule has 0 radical (unpaired) electrons. The van der Waals surface area contributed by atoms with Crippen molar-refractivity contribution in [3.63, 3.8) is 0 Å². The molecule has 3 nitrogen and oxygen atoms in total. The molecule has 0 saturated carbocycles. The Labute approximate surface area is 79.7 Å². The van der Waals surface area contributed by atoms with Crippen LogP contribution in [0, 0.1) is 0 Å². The zero-order chi connectivity index (χ0) is 9.10. The van der Waals surface area contributed by atoms with Gasteiger partial charge in [-0.2, -0.15) is 0 Å². The van der Waals surface area contributed by atoms with E-state index in [0.717, 1.165) is 18.7 Å². The summed E-state index contributed by atoms with van der Waals surface area (Å²) in [5.41, 5.74) is 1.14. The molecule has 0 N–H and O–H groups in total. The summed E-state index contributed by atoms with van der Waals surface area (Å²) in [6.45, 7) is 5.61. The van der Waals surface area contributed by atoms with Gasteiger partial charge in [0.2, 0.25) is 0 Å². The zero-order valence-electron chi connectivity index (χ0n) is 8.33. The molecular weight excluding hydrogens is 164 g/mol. The molecule has 0 aromatic heterocycles. The second-order valence-corrected chi connectivity index (χ2v) is 4.12. The first-order chi connectivity index (χ1) is 6.34. The Kier molecular flexibility index (Phi) is 2.83. The zero-order valence-corrected chi connectivity index (χ0v) is 8.33. The van der Waals surface area contributed by atoms with E-state index in [1.165, 1.54) is 32.4 Å². The average Bonchev–Trinajstić information content (AvgIpc) is 2.53. The highest BCUT2D eigenvalue weighted by molar-refractivity contribution is 5.82. The van der Waals surface area contributed by atoms with Crippen LogP contribution in [0.3, 0.4) is 0 Å². The third-order valence-corrected chi connectivity index (χ3v) is 2.79. The molecule has 2 aliphatic rings. The summed E-state index contributed by atoms with van der Waals surface area (Å²) in [4.78, 5) is 7.82. The van der Waals surface area contributed by atoms with Crippen molar-refractivity contribution in [1.82, 2.24) is 4.90 Å². The maximum absolute atomic E-state index is 5.31. The lowest BCUT2D eigenvalue weighted by Gasteiger charge is -2.27. The van der Waals surface area contributed by atoms with E-state index in [0.29, 0.717) is 6.10 Å². The Bertz CT molecular complexity index is 197. The molecule has 1 fully saturated rings. The summed E-state index contributed by atoms with van der Waals surface area (Å²) in [7, 11) is 0. The number of hydrogen-bond donors (Lipinski definition) is 0. The highest BCUT2D eigenvalue weighted by Gasteiger charge is 2.21. The van der Waals surface area contributed by atoms with Gasteiger partial charge in [-0.1, -0.05) is 11.6 Å². The van der Waals surface area contributed by atoms with Crippen LogP contribution in [-0.2, 0) is 4.84 Å². The molecule has 0 aromatic carbocycles. The third kappa shape index (κ3) is 2.44. The minimum atomic E-state index is 0.332. The summed E-state index contributed by atoms with van der Waals surface area (Å²) in [5, 5.41) is 3.97.